The van der Waals surface area contributed by atoms with Crippen molar-refractivity contribution >= 4 is 17.7 Å². The molecule has 3 unspecified atom stereocenters. The zero-order valence-corrected chi connectivity index (χ0v) is 17.1. The quantitative estimate of drug-likeness (QED) is 0.552. The van der Waals surface area contributed by atoms with Gasteiger partial charge in [-0.3, -0.25) is 19.1 Å². The van der Waals surface area contributed by atoms with E-state index in [1.807, 2.05) is 4.98 Å². The van der Waals surface area contributed by atoms with E-state index < -0.39 is 54.0 Å². The average molecular weight is 450 g/mol. The van der Waals surface area contributed by atoms with Crippen LogP contribution in [0.3, 0.4) is 0 Å². The minimum Gasteiger partial charge on any atom is -0.459 e. The highest BCUT2D eigenvalue weighted by atomic mass is 16.6. The molecule has 168 valence electrons. The lowest BCUT2D eigenvalue weighted by Crippen LogP contribution is -2.37. The molecule has 1 N–H and O–H groups in total. The standard InChI is InChI=1S/C23H18N2O8/c26-17-11-12-25(23(30)24-17)20-18(27)19(33-22(29)15-9-5-2-6-10-15)16(32-20)13-31-21(28)14-7-3-1-4-8-14/h1-12,16,19-20H,13H2,(H,24,26,30). The highest BCUT2D eigenvalue weighted by Crippen LogP contribution is 2.28. The zero-order chi connectivity index (χ0) is 23.4. The number of aromatic nitrogens is 2. The van der Waals surface area contributed by atoms with Crippen molar-refractivity contribution in [3.05, 3.63) is 105 Å². The van der Waals surface area contributed by atoms with Crippen molar-refractivity contribution in [2.24, 2.45) is 0 Å². The van der Waals surface area contributed by atoms with Gasteiger partial charge in [0.15, 0.2) is 6.10 Å². The first-order valence-electron chi connectivity index (χ1n) is 9.93. The van der Waals surface area contributed by atoms with E-state index in [2.05, 4.69) is 0 Å². The number of hydrogen-bond acceptors (Lipinski definition) is 8. The number of carbonyl (C=O) groups is 3. The predicted octanol–water partition coefficient (Wildman–Crippen LogP) is 1.09. The molecular formula is C23H18N2O8. The van der Waals surface area contributed by atoms with E-state index in [9.17, 15) is 24.0 Å². The molecule has 1 aliphatic rings. The van der Waals surface area contributed by atoms with Gasteiger partial charge in [0, 0.05) is 12.3 Å². The van der Waals surface area contributed by atoms with Crippen LogP contribution in [0.4, 0.5) is 0 Å². The van der Waals surface area contributed by atoms with Gasteiger partial charge in [0.2, 0.25) is 12.0 Å². The summed E-state index contributed by atoms with van der Waals surface area (Å²) in [6.07, 6.45) is -3.02. The lowest BCUT2D eigenvalue weighted by atomic mass is 10.1. The number of nitrogens with zero attached hydrogens (tertiary/aromatic N) is 1. The van der Waals surface area contributed by atoms with Gasteiger partial charge in [-0.1, -0.05) is 36.4 Å². The monoisotopic (exact) mass is 450 g/mol. The summed E-state index contributed by atoms with van der Waals surface area (Å²) in [6, 6.07) is 17.2. The summed E-state index contributed by atoms with van der Waals surface area (Å²) in [6.45, 7) is -0.416. The minimum atomic E-state index is -1.48. The molecule has 0 saturated carbocycles. The third-order valence-corrected chi connectivity index (χ3v) is 4.90. The molecule has 3 atom stereocenters. The Kier molecular flexibility index (Phi) is 6.27. The van der Waals surface area contributed by atoms with Crippen molar-refractivity contribution in [1.82, 2.24) is 9.55 Å². The van der Waals surface area contributed by atoms with Gasteiger partial charge in [-0.05, 0) is 24.3 Å². The molecule has 33 heavy (non-hydrogen) atoms. The molecule has 4 rings (SSSR count). The van der Waals surface area contributed by atoms with Gasteiger partial charge in [-0.2, -0.15) is 0 Å². The van der Waals surface area contributed by atoms with Crippen LogP contribution in [-0.2, 0) is 19.0 Å². The minimum absolute atomic E-state index is 0.204. The molecule has 0 amide bonds. The number of esters is 2. The van der Waals surface area contributed by atoms with Crippen LogP contribution in [0.1, 0.15) is 26.9 Å². The Morgan fingerprint density at radius 2 is 1.48 bits per heavy atom. The van der Waals surface area contributed by atoms with Crippen LogP contribution in [0.2, 0.25) is 0 Å². The summed E-state index contributed by atoms with van der Waals surface area (Å²) in [4.78, 5) is 63.5. The normalized spacial score (nSPS) is 19.8. The average Bonchev–Trinajstić information content (AvgIpc) is 3.13. The summed E-state index contributed by atoms with van der Waals surface area (Å²) in [7, 11) is 0. The third kappa shape index (κ3) is 4.80. The van der Waals surface area contributed by atoms with E-state index >= 15 is 0 Å². The highest BCUT2D eigenvalue weighted by molar-refractivity contribution is 5.95. The Hall–Kier alpha value is -4.31. The molecule has 0 radical (unpaired) electrons. The number of H-pyrrole nitrogens is 1. The molecule has 0 spiro atoms. The van der Waals surface area contributed by atoms with Crippen molar-refractivity contribution in [3.63, 3.8) is 0 Å². The second-order valence-electron chi connectivity index (χ2n) is 7.10. The molecule has 1 saturated heterocycles. The predicted molar refractivity (Wildman–Crippen MR) is 113 cm³/mol. The van der Waals surface area contributed by atoms with Crippen LogP contribution in [0.15, 0.2) is 82.5 Å². The summed E-state index contributed by atoms with van der Waals surface area (Å²) in [5.41, 5.74) is -1.04. The van der Waals surface area contributed by atoms with Crippen molar-refractivity contribution in [1.29, 1.82) is 0 Å². The lowest BCUT2D eigenvalue weighted by molar-refractivity contribution is -0.130. The SMILES string of the molecule is O=C(OCC1OC(n2ccc(=O)[nH]c2=O)C(=O)C1OC(=O)c1ccccc1)c1ccccc1. The maximum atomic E-state index is 13.0. The first-order valence-corrected chi connectivity index (χ1v) is 9.93. The van der Waals surface area contributed by atoms with Crippen LogP contribution < -0.4 is 11.2 Å². The second-order valence-corrected chi connectivity index (χ2v) is 7.10. The smallest absolute Gasteiger partial charge is 0.338 e. The van der Waals surface area contributed by atoms with Crippen LogP contribution in [0.25, 0.3) is 0 Å². The highest BCUT2D eigenvalue weighted by Gasteiger charge is 2.48. The molecule has 1 aromatic heterocycles. The lowest BCUT2D eigenvalue weighted by Gasteiger charge is -2.17. The molecule has 2 aromatic carbocycles. The Bertz CT molecular complexity index is 1280. The van der Waals surface area contributed by atoms with Crippen molar-refractivity contribution in [2.45, 2.75) is 18.4 Å². The molecule has 2 heterocycles. The number of hydrogen-bond donors (Lipinski definition) is 1. The van der Waals surface area contributed by atoms with Crippen LogP contribution >= 0.6 is 0 Å². The van der Waals surface area contributed by atoms with Crippen LogP contribution in [0, 0.1) is 0 Å². The summed E-state index contributed by atoms with van der Waals surface area (Å²) in [5, 5.41) is 0. The Labute approximate surface area is 186 Å². The van der Waals surface area contributed by atoms with Gasteiger partial charge in [0.05, 0.1) is 11.1 Å². The number of aromatic amines is 1. The molecule has 10 heteroatoms. The molecule has 1 fully saturated rings. The molecule has 0 bridgehead atoms. The number of ketones is 1. The maximum absolute atomic E-state index is 13.0. The fourth-order valence-corrected chi connectivity index (χ4v) is 3.28. The Balaban J connectivity index is 1.57. The second kappa shape index (κ2) is 9.45. The first-order chi connectivity index (χ1) is 15.9. The maximum Gasteiger partial charge on any atom is 0.338 e. The Morgan fingerprint density at radius 3 is 2.09 bits per heavy atom. The largest absolute Gasteiger partial charge is 0.459 e. The number of benzene rings is 2. The van der Waals surface area contributed by atoms with Crippen molar-refractivity contribution in [3.8, 4) is 0 Å². The summed E-state index contributed by atoms with van der Waals surface area (Å²) in [5.74, 6) is -2.19. The fourth-order valence-electron chi connectivity index (χ4n) is 3.28. The topological polar surface area (TPSA) is 134 Å². The van der Waals surface area contributed by atoms with Gasteiger partial charge in [-0.15, -0.1) is 0 Å². The van der Waals surface area contributed by atoms with Gasteiger partial charge in [0.25, 0.3) is 5.56 Å². The molecular weight excluding hydrogens is 432 g/mol. The van der Waals surface area contributed by atoms with E-state index in [-0.39, 0.29) is 11.1 Å². The van der Waals surface area contributed by atoms with E-state index in [1.165, 1.54) is 12.1 Å². The van der Waals surface area contributed by atoms with E-state index in [0.29, 0.717) is 0 Å². The number of rotatable bonds is 6. The van der Waals surface area contributed by atoms with Crippen LogP contribution in [0.5, 0.6) is 0 Å². The summed E-state index contributed by atoms with van der Waals surface area (Å²) >= 11 is 0. The molecule has 1 aliphatic heterocycles. The fraction of sp³-hybridized carbons (Fsp3) is 0.174. The molecule has 3 aromatic rings. The van der Waals surface area contributed by atoms with Crippen LogP contribution in [-0.4, -0.2) is 46.1 Å². The van der Waals surface area contributed by atoms with Crippen molar-refractivity contribution in [2.75, 3.05) is 6.61 Å². The molecule has 10 nitrogen and oxygen atoms in total. The molecule has 0 aliphatic carbocycles. The van der Waals surface area contributed by atoms with Gasteiger partial charge in [0.1, 0.15) is 12.7 Å². The van der Waals surface area contributed by atoms with E-state index in [0.717, 1.165) is 16.8 Å². The number of nitrogens with one attached hydrogen (secondary N) is 1. The first kappa shape index (κ1) is 21.9. The Morgan fingerprint density at radius 1 is 0.879 bits per heavy atom. The zero-order valence-electron chi connectivity index (χ0n) is 17.1. The van der Waals surface area contributed by atoms with E-state index in [1.54, 1.807) is 48.5 Å². The van der Waals surface area contributed by atoms with Gasteiger partial charge in [-0.25, -0.2) is 14.4 Å². The van der Waals surface area contributed by atoms with Gasteiger partial charge < -0.3 is 14.2 Å². The third-order valence-electron chi connectivity index (χ3n) is 4.90. The van der Waals surface area contributed by atoms with E-state index in [4.69, 9.17) is 14.2 Å². The summed E-state index contributed by atoms with van der Waals surface area (Å²) < 4.78 is 17.2. The van der Waals surface area contributed by atoms with Crippen molar-refractivity contribution < 1.29 is 28.6 Å². The number of carbonyl (C=O) groups excluding carboxylic acids is 3. The number of ether oxygens (including phenoxy) is 3. The number of Topliss-reactive ketones (excluding diaryl/α,β-unsaturated/α-hetero) is 1. The van der Waals surface area contributed by atoms with Gasteiger partial charge >= 0.3 is 17.6 Å².